The third-order valence-electron chi connectivity index (χ3n) is 3.92. The third kappa shape index (κ3) is 5.38. The van der Waals surface area contributed by atoms with Gasteiger partial charge < -0.3 is 15.7 Å². The summed E-state index contributed by atoms with van der Waals surface area (Å²) in [5, 5.41) is 24.6. The van der Waals surface area contributed by atoms with Crippen molar-refractivity contribution in [1.82, 2.24) is 0 Å². The van der Waals surface area contributed by atoms with Gasteiger partial charge >= 0.3 is 0 Å². The number of phenols is 1. The van der Waals surface area contributed by atoms with E-state index >= 15 is 0 Å². The Morgan fingerprint density at radius 1 is 1.23 bits per heavy atom. The van der Waals surface area contributed by atoms with Crippen molar-refractivity contribution in [2.24, 2.45) is 0 Å². The van der Waals surface area contributed by atoms with Crippen molar-refractivity contribution in [2.75, 3.05) is 10.6 Å². The number of hydrogen-bond donors (Lipinski definition) is 3. The number of aryl methyl sites for hydroxylation is 2. The SMILES string of the molecule is CCCCc1ccc(NC(=O)/C(C#N)=C\Nc2cc(C)ccc2O)cc1. The van der Waals surface area contributed by atoms with Gasteiger partial charge in [0.1, 0.15) is 17.4 Å². The minimum absolute atomic E-state index is 0.0483. The molecule has 2 rings (SSSR count). The number of nitrogens with zero attached hydrogens (tertiary/aromatic N) is 1. The molecule has 0 radical (unpaired) electrons. The van der Waals surface area contributed by atoms with E-state index < -0.39 is 5.91 Å². The fourth-order valence-corrected chi connectivity index (χ4v) is 2.40. The predicted octanol–water partition coefficient (Wildman–Crippen LogP) is 4.50. The van der Waals surface area contributed by atoms with E-state index in [0.717, 1.165) is 24.8 Å². The highest BCUT2D eigenvalue weighted by molar-refractivity contribution is 6.06. The van der Waals surface area contributed by atoms with E-state index in [1.165, 1.54) is 11.8 Å². The van der Waals surface area contributed by atoms with E-state index in [1.807, 2.05) is 37.3 Å². The van der Waals surface area contributed by atoms with Crippen molar-refractivity contribution in [3.8, 4) is 11.8 Å². The molecular formula is C21H23N3O2. The Hall–Kier alpha value is -3.26. The molecule has 0 aliphatic heterocycles. The third-order valence-corrected chi connectivity index (χ3v) is 3.92. The first kappa shape index (κ1) is 19.1. The quantitative estimate of drug-likeness (QED) is 0.390. The Labute approximate surface area is 154 Å². The van der Waals surface area contributed by atoms with Crippen LogP contribution in [0.2, 0.25) is 0 Å². The van der Waals surface area contributed by atoms with Crippen LogP contribution in [-0.2, 0) is 11.2 Å². The molecule has 0 unspecified atom stereocenters. The summed E-state index contributed by atoms with van der Waals surface area (Å²) >= 11 is 0. The lowest BCUT2D eigenvalue weighted by molar-refractivity contribution is -0.112. The molecule has 0 saturated carbocycles. The number of rotatable bonds is 7. The number of hydrogen-bond acceptors (Lipinski definition) is 4. The van der Waals surface area contributed by atoms with Crippen LogP contribution in [0.15, 0.2) is 54.2 Å². The van der Waals surface area contributed by atoms with E-state index in [0.29, 0.717) is 11.4 Å². The highest BCUT2D eigenvalue weighted by Gasteiger charge is 2.10. The summed E-state index contributed by atoms with van der Waals surface area (Å²) in [5.74, 6) is -0.458. The van der Waals surface area contributed by atoms with Crippen molar-refractivity contribution in [1.29, 1.82) is 5.26 Å². The van der Waals surface area contributed by atoms with E-state index in [9.17, 15) is 15.2 Å². The highest BCUT2D eigenvalue weighted by Crippen LogP contribution is 2.24. The molecule has 1 amide bonds. The molecule has 0 saturated heterocycles. The number of benzene rings is 2. The zero-order valence-electron chi connectivity index (χ0n) is 15.0. The maximum atomic E-state index is 12.3. The van der Waals surface area contributed by atoms with Crippen LogP contribution in [0.25, 0.3) is 0 Å². The first-order chi connectivity index (χ1) is 12.5. The second kappa shape index (κ2) is 9.28. The lowest BCUT2D eigenvalue weighted by atomic mass is 10.1. The van der Waals surface area contributed by atoms with Crippen molar-refractivity contribution in [3.63, 3.8) is 0 Å². The number of amides is 1. The molecule has 134 valence electrons. The van der Waals surface area contributed by atoms with Crippen molar-refractivity contribution in [3.05, 3.63) is 65.4 Å². The van der Waals surface area contributed by atoms with E-state index in [-0.39, 0.29) is 11.3 Å². The monoisotopic (exact) mass is 349 g/mol. The smallest absolute Gasteiger partial charge is 0.267 e. The lowest BCUT2D eigenvalue weighted by Crippen LogP contribution is -2.14. The summed E-state index contributed by atoms with van der Waals surface area (Å²) < 4.78 is 0. The molecule has 2 aromatic carbocycles. The van der Waals surface area contributed by atoms with Gasteiger partial charge in [0.25, 0.3) is 5.91 Å². The van der Waals surface area contributed by atoms with Gasteiger partial charge in [-0.15, -0.1) is 0 Å². The van der Waals surface area contributed by atoms with Crippen LogP contribution < -0.4 is 10.6 Å². The number of anilines is 2. The molecule has 3 N–H and O–H groups in total. The van der Waals surface area contributed by atoms with Crippen molar-refractivity contribution in [2.45, 2.75) is 33.1 Å². The molecular weight excluding hydrogens is 326 g/mol. The number of carbonyl (C=O) groups excluding carboxylic acids is 1. The maximum absolute atomic E-state index is 12.3. The first-order valence-electron chi connectivity index (χ1n) is 8.60. The van der Waals surface area contributed by atoms with Gasteiger partial charge in [-0.05, 0) is 55.2 Å². The van der Waals surface area contributed by atoms with Crippen LogP contribution in [0.4, 0.5) is 11.4 Å². The van der Waals surface area contributed by atoms with E-state index in [1.54, 1.807) is 18.2 Å². The molecule has 26 heavy (non-hydrogen) atoms. The second-order valence-electron chi connectivity index (χ2n) is 6.09. The molecule has 0 aliphatic rings. The molecule has 2 aromatic rings. The average Bonchev–Trinajstić information content (AvgIpc) is 2.64. The Balaban J connectivity index is 2.04. The zero-order chi connectivity index (χ0) is 18.9. The normalized spacial score (nSPS) is 10.9. The molecule has 0 aliphatic carbocycles. The Morgan fingerprint density at radius 2 is 1.96 bits per heavy atom. The second-order valence-corrected chi connectivity index (χ2v) is 6.09. The van der Waals surface area contributed by atoms with E-state index in [4.69, 9.17) is 0 Å². The molecule has 0 heterocycles. The van der Waals surface area contributed by atoms with Gasteiger partial charge in [0.05, 0.1) is 5.69 Å². The lowest BCUT2D eigenvalue weighted by Gasteiger charge is -2.08. The predicted molar refractivity (Wildman–Crippen MR) is 104 cm³/mol. The minimum atomic E-state index is -0.506. The molecule has 5 nitrogen and oxygen atoms in total. The maximum Gasteiger partial charge on any atom is 0.267 e. The van der Waals surface area contributed by atoms with E-state index in [2.05, 4.69) is 17.6 Å². The van der Waals surface area contributed by atoms with Gasteiger partial charge in [0, 0.05) is 11.9 Å². The molecule has 0 bridgehead atoms. The van der Waals surface area contributed by atoms with Crippen LogP contribution in [0, 0.1) is 18.3 Å². The van der Waals surface area contributed by atoms with Gasteiger partial charge in [-0.2, -0.15) is 5.26 Å². The van der Waals surface area contributed by atoms with Gasteiger partial charge in [-0.25, -0.2) is 0 Å². The number of phenolic OH excluding ortho intramolecular Hbond substituents is 1. The average molecular weight is 349 g/mol. The molecule has 0 fully saturated rings. The Bertz CT molecular complexity index is 833. The van der Waals surface area contributed by atoms with Crippen LogP contribution >= 0.6 is 0 Å². The summed E-state index contributed by atoms with van der Waals surface area (Å²) in [5.41, 5.74) is 3.16. The van der Waals surface area contributed by atoms with Gasteiger partial charge in [0.15, 0.2) is 0 Å². The van der Waals surface area contributed by atoms with Gasteiger partial charge in [0.2, 0.25) is 0 Å². The largest absolute Gasteiger partial charge is 0.506 e. The number of nitrogens with one attached hydrogen (secondary N) is 2. The Morgan fingerprint density at radius 3 is 2.62 bits per heavy atom. The first-order valence-corrected chi connectivity index (χ1v) is 8.60. The molecule has 5 heteroatoms. The summed E-state index contributed by atoms with van der Waals surface area (Å²) in [6, 6.07) is 14.5. The van der Waals surface area contributed by atoms with Crippen LogP contribution in [0.1, 0.15) is 30.9 Å². The van der Waals surface area contributed by atoms with Crippen LogP contribution in [0.3, 0.4) is 0 Å². The summed E-state index contributed by atoms with van der Waals surface area (Å²) in [6.45, 7) is 4.03. The summed E-state index contributed by atoms with van der Waals surface area (Å²) in [6.07, 6.45) is 4.57. The standard InChI is InChI=1S/C21H23N3O2/c1-3-4-5-16-7-9-18(10-8-16)24-21(26)17(13-22)14-23-19-12-15(2)6-11-20(19)25/h6-12,14,23,25H,3-5H2,1-2H3,(H,24,26)/b17-14-. The van der Waals surface area contributed by atoms with Crippen LogP contribution in [-0.4, -0.2) is 11.0 Å². The minimum Gasteiger partial charge on any atom is -0.506 e. The number of unbranched alkanes of at least 4 members (excludes halogenated alkanes) is 1. The molecule has 0 atom stereocenters. The number of nitriles is 1. The number of carbonyl (C=O) groups is 1. The molecule has 0 aromatic heterocycles. The van der Waals surface area contributed by atoms with Gasteiger partial charge in [-0.1, -0.05) is 31.5 Å². The van der Waals surface area contributed by atoms with Crippen molar-refractivity contribution >= 4 is 17.3 Å². The highest BCUT2D eigenvalue weighted by atomic mass is 16.3. The van der Waals surface area contributed by atoms with Gasteiger partial charge in [-0.3, -0.25) is 4.79 Å². The fourth-order valence-electron chi connectivity index (χ4n) is 2.40. The summed E-state index contributed by atoms with van der Waals surface area (Å²) in [7, 11) is 0. The van der Waals surface area contributed by atoms with Crippen molar-refractivity contribution < 1.29 is 9.90 Å². The van der Waals surface area contributed by atoms with Crippen LogP contribution in [0.5, 0.6) is 5.75 Å². The molecule has 0 spiro atoms. The zero-order valence-corrected chi connectivity index (χ0v) is 15.0. The Kier molecular flexibility index (Phi) is 6.81. The topological polar surface area (TPSA) is 85.2 Å². The summed E-state index contributed by atoms with van der Waals surface area (Å²) in [4.78, 5) is 12.3. The number of aromatic hydroxyl groups is 1. The fraction of sp³-hybridized carbons (Fsp3) is 0.238.